The highest BCUT2D eigenvalue weighted by Crippen LogP contribution is 2.42. The summed E-state index contributed by atoms with van der Waals surface area (Å²) in [5.74, 6) is 0. The fraction of sp³-hybridized carbons (Fsp3) is 0.185. The lowest BCUT2D eigenvalue weighted by Crippen LogP contribution is -2.29. The summed E-state index contributed by atoms with van der Waals surface area (Å²) in [5, 5.41) is 4.33. The Hall–Kier alpha value is -2.96. The largest absolute Gasteiger partial charge is 0.352 e. The maximum Gasteiger partial charge on any atom is 0.170 e. The van der Waals surface area contributed by atoms with Crippen LogP contribution in [0.1, 0.15) is 40.3 Å². The van der Waals surface area contributed by atoms with Crippen LogP contribution in [-0.4, -0.2) is 19.6 Å². The molecule has 0 unspecified atom stereocenters. The van der Waals surface area contributed by atoms with E-state index in [-0.39, 0.29) is 12.1 Å². The average Bonchev–Trinajstić information content (AvgIpc) is 3.30. The first-order valence-electron chi connectivity index (χ1n) is 11.0. The van der Waals surface area contributed by atoms with Crippen molar-refractivity contribution in [2.24, 2.45) is 0 Å². The fourth-order valence-electron chi connectivity index (χ4n) is 4.79. The van der Waals surface area contributed by atoms with Crippen LogP contribution in [0, 0.1) is 13.8 Å². The van der Waals surface area contributed by atoms with E-state index in [0.717, 1.165) is 27.5 Å². The predicted octanol–water partition coefficient (Wildman–Crippen LogP) is 6.42. The van der Waals surface area contributed by atoms with Crippen molar-refractivity contribution in [2.45, 2.75) is 32.5 Å². The van der Waals surface area contributed by atoms with Gasteiger partial charge in [0.05, 0.1) is 23.5 Å². The van der Waals surface area contributed by atoms with Gasteiger partial charge in [-0.2, -0.15) is 0 Å². The number of thiocarbonyl (C=S) groups is 1. The molecule has 1 aliphatic rings. The van der Waals surface area contributed by atoms with Crippen LogP contribution < -0.4 is 5.32 Å². The number of hydrogen-bond donors (Lipinski definition) is 1. The van der Waals surface area contributed by atoms with Gasteiger partial charge in [-0.25, -0.2) is 0 Å². The summed E-state index contributed by atoms with van der Waals surface area (Å²) in [4.78, 5) is 6.98. The number of nitrogens with zero attached hydrogens (tertiary/aromatic N) is 3. The van der Waals surface area contributed by atoms with Crippen LogP contribution in [0.2, 0.25) is 0 Å². The number of pyridine rings is 1. The summed E-state index contributed by atoms with van der Waals surface area (Å²) < 4.78 is 3.39. The lowest BCUT2D eigenvalue weighted by molar-refractivity contribution is 0.310. The molecule has 2 aromatic carbocycles. The van der Waals surface area contributed by atoms with Gasteiger partial charge in [0, 0.05) is 28.6 Å². The van der Waals surface area contributed by atoms with E-state index in [4.69, 9.17) is 12.2 Å². The van der Waals surface area contributed by atoms with Crippen LogP contribution in [0.25, 0.3) is 5.69 Å². The number of aryl methyl sites for hydroxylation is 1. The molecule has 0 aliphatic carbocycles. The van der Waals surface area contributed by atoms with Crippen molar-refractivity contribution in [3.63, 3.8) is 0 Å². The van der Waals surface area contributed by atoms with E-state index in [0.29, 0.717) is 0 Å². The Bertz CT molecular complexity index is 1290. The zero-order valence-electron chi connectivity index (χ0n) is 18.6. The van der Waals surface area contributed by atoms with Gasteiger partial charge in [0.2, 0.25) is 0 Å². The molecule has 33 heavy (non-hydrogen) atoms. The summed E-state index contributed by atoms with van der Waals surface area (Å²) in [6.07, 6.45) is 1.85. The van der Waals surface area contributed by atoms with Gasteiger partial charge in [-0.3, -0.25) is 4.98 Å². The molecular weight excluding hydrogens is 492 g/mol. The topological polar surface area (TPSA) is 33.1 Å². The third kappa shape index (κ3) is 4.09. The van der Waals surface area contributed by atoms with Crippen LogP contribution in [0.5, 0.6) is 0 Å². The smallest absolute Gasteiger partial charge is 0.170 e. The van der Waals surface area contributed by atoms with Gasteiger partial charge >= 0.3 is 0 Å². The van der Waals surface area contributed by atoms with E-state index < -0.39 is 0 Å². The van der Waals surface area contributed by atoms with Gasteiger partial charge in [0.25, 0.3) is 0 Å². The molecule has 2 atom stereocenters. The zero-order valence-corrected chi connectivity index (χ0v) is 21.0. The minimum atomic E-state index is -0.0319. The number of rotatable bonds is 5. The van der Waals surface area contributed by atoms with Crippen molar-refractivity contribution in [1.29, 1.82) is 0 Å². The normalized spacial score (nSPS) is 17.9. The lowest BCUT2D eigenvalue weighted by Gasteiger charge is -2.28. The van der Waals surface area contributed by atoms with E-state index in [1.165, 1.54) is 22.5 Å². The highest BCUT2D eigenvalue weighted by Gasteiger charge is 2.41. The molecule has 166 valence electrons. The van der Waals surface area contributed by atoms with Gasteiger partial charge in [0.1, 0.15) is 0 Å². The monoisotopic (exact) mass is 516 g/mol. The van der Waals surface area contributed by atoms with Crippen LogP contribution in [0.3, 0.4) is 0 Å². The molecule has 1 aliphatic heterocycles. The summed E-state index contributed by atoms with van der Waals surface area (Å²) in [6, 6.07) is 27.2. The zero-order chi connectivity index (χ0) is 22.9. The number of benzene rings is 2. The first-order valence-corrected chi connectivity index (χ1v) is 12.2. The van der Waals surface area contributed by atoms with Crippen LogP contribution in [0.15, 0.2) is 89.5 Å². The second-order valence-corrected chi connectivity index (χ2v) is 9.59. The second kappa shape index (κ2) is 9.12. The summed E-state index contributed by atoms with van der Waals surface area (Å²) >= 11 is 9.60. The molecule has 1 fully saturated rings. The van der Waals surface area contributed by atoms with E-state index in [2.05, 4.69) is 104 Å². The Labute approximate surface area is 208 Å². The third-order valence-corrected chi connectivity index (χ3v) is 7.30. The standard InChI is InChI=1S/C27H25BrN4S/c1-18-16-21(19(2)32(18)24-14-7-6-12-22(24)28)26-25(23-13-8-9-15-29-23)30-27(33)31(26)17-20-10-4-3-5-11-20/h3-16,25-26H,17H2,1-2H3,(H,30,33)/t25-,26-/m1/s1. The molecule has 0 amide bonds. The molecule has 1 N–H and O–H groups in total. The van der Waals surface area contributed by atoms with Crippen LogP contribution >= 0.6 is 28.1 Å². The third-order valence-electron chi connectivity index (χ3n) is 6.28. The Morgan fingerprint density at radius 3 is 2.42 bits per heavy atom. The van der Waals surface area contributed by atoms with Crippen molar-refractivity contribution in [2.75, 3.05) is 0 Å². The Morgan fingerprint density at radius 2 is 1.70 bits per heavy atom. The quantitative estimate of drug-likeness (QED) is 0.310. The summed E-state index contributed by atoms with van der Waals surface area (Å²) in [6.45, 7) is 5.09. The average molecular weight is 517 g/mol. The van der Waals surface area contributed by atoms with Gasteiger partial charge in [-0.1, -0.05) is 48.5 Å². The Morgan fingerprint density at radius 1 is 0.970 bits per heavy atom. The number of halogens is 1. The predicted molar refractivity (Wildman–Crippen MR) is 140 cm³/mol. The lowest BCUT2D eigenvalue weighted by atomic mass is 9.96. The van der Waals surface area contributed by atoms with Gasteiger partial charge < -0.3 is 14.8 Å². The van der Waals surface area contributed by atoms with Crippen LogP contribution in [0.4, 0.5) is 0 Å². The number of aromatic nitrogens is 2. The van der Waals surface area contributed by atoms with E-state index in [1.54, 1.807) is 0 Å². The molecular formula is C27H25BrN4S. The van der Waals surface area contributed by atoms with Gasteiger partial charge in [0.15, 0.2) is 5.11 Å². The van der Waals surface area contributed by atoms with Crippen molar-refractivity contribution in [3.8, 4) is 5.69 Å². The number of nitrogens with one attached hydrogen (secondary N) is 1. The Kier molecular flexibility index (Phi) is 6.04. The first-order chi connectivity index (χ1) is 16.0. The number of para-hydroxylation sites is 1. The van der Waals surface area contributed by atoms with Gasteiger partial charge in [-0.15, -0.1) is 0 Å². The maximum absolute atomic E-state index is 5.86. The van der Waals surface area contributed by atoms with Gasteiger partial charge in [-0.05, 0) is 83.5 Å². The van der Waals surface area contributed by atoms with E-state index in [1.807, 2.05) is 30.5 Å². The molecule has 6 heteroatoms. The van der Waals surface area contributed by atoms with Crippen molar-refractivity contribution in [3.05, 3.63) is 118 Å². The molecule has 0 spiro atoms. The minimum Gasteiger partial charge on any atom is -0.352 e. The molecule has 5 rings (SSSR count). The van der Waals surface area contributed by atoms with Crippen molar-refractivity contribution >= 4 is 33.3 Å². The van der Waals surface area contributed by atoms with E-state index in [9.17, 15) is 0 Å². The second-order valence-electron chi connectivity index (χ2n) is 8.35. The molecule has 0 saturated carbocycles. The van der Waals surface area contributed by atoms with Crippen molar-refractivity contribution < 1.29 is 0 Å². The summed E-state index contributed by atoms with van der Waals surface area (Å²) in [7, 11) is 0. The SMILES string of the molecule is Cc1cc([C@@H]2[C@@H](c3ccccn3)NC(=S)N2Cc2ccccc2)c(C)n1-c1ccccc1Br. The fourth-order valence-corrected chi connectivity index (χ4v) is 5.55. The maximum atomic E-state index is 5.86. The minimum absolute atomic E-state index is 0.0232. The number of hydrogen-bond acceptors (Lipinski definition) is 2. The molecule has 4 aromatic rings. The van der Waals surface area contributed by atoms with Crippen molar-refractivity contribution in [1.82, 2.24) is 19.8 Å². The molecule has 2 aromatic heterocycles. The molecule has 0 radical (unpaired) electrons. The summed E-state index contributed by atoms with van der Waals surface area (Å²) in [5.41, 5.74) is 7.00. The molecule has 4 nitrogen and oxygen atoms in total. The molecule has 3 heterocycles. The molecule has 1 saturated heterocycles. The highest BCUT2D eigenvalue weighted by molar-refractivity contribution is 9.10. The van der Waals surface area contributed by atoms with E-state index >= 15 is 0 Å². The Balaban J connectivity index is 1.63. The highest BCUT2D eigenvalue weighted by atomic mass is 79.9. The molecule has 0 bridgehead atoms. The first kappa shape index (κ1) is 21.9. The van der Waals surface area contributed by atoms with Crippen LogP contribution in [-0.2, 0) is 6.54 Å².